The third-order valence-electron chi connectivity index (χ3n) is 1.80. The molecule has 2 heterocycles. The SMILES string of the molecule is Cc1nc(CCNc2nc(Cl)cs2)cs1. The molecule has 2 aromatic rings. The van der Waals surface area contributed by atoms with Gasteiger partial charge in [0.2, 0.25) is 0 Å². The molecule has 0 spiro atoms. The van der Waals surface area contributed by atoms with Crippen LogP contribution in [0.1, 0.15) is 10.7 Å². The molecule has 0 aliphatic rings. The highest BCUT2D eigenvalue weighted by molar-refractivity contribution is 7.14. The lowest BCUT2D eigenvalue weighted by Crippen LogP contribution is -2.04. The number of nitrogens with one attached hydrogen (secondary N) is 1. The lowest BCUT2D eigenvalue weighted by molar-refractivity contribution is 0.966. The van der Waals surface area contributed by atoms with Gasteiger partial charge in [0.05, 0.1) is 10.7 Å². The van der Waals surface area contributed by atoms with Gasteiger partial charge < -0.3 is 5.32 Å². The Morgan fingerprint density at radius 1 is 1.33 bits per heavy atom. The van der Waals surface area contributed by atoms with Crippen molar-refractivity contribution >= 4 is 39.4 Å². The Morgan fingerprint density at radius 2 is 2.20 bits per heavy atom. The molecule has 80 valence electrons. The molecular weight excluding hydrogens is 250 g/mol. The first-order chi connectivity index (χ1) is 7.24. The fraction of sp³-hybridized carbons (Fsp3) is 0.333. The van der Waals surface area contributed by atoms with Gasteiger partial charge in [0.15, 0.2) is 5.13 Å². The van der Waals surface area contributed by atoms with Crippen LogP contribution in [0.2, 0.25) is 5.15 Å². The van der Waals surface area contributed by atoms with E-state index < -0.39 is 0 Å². The third-order valence-corrected chi connectivity index (χ3v) is 3.75. The van der Waals surface area contributed by atoms with Gasteiger partial charge in [-0.1, -0.05) is 11.6 Å². The van der Waals surface area contributed by atoms with Gasteiger partial charge in [-0.25, -0.2) is 9.97 Å². The Hall–Kier alpha value is -0.650. The molecule has 2 aromatic heterocycles. The number of nitrogens with zero attached hydrogens (tertiary/aromatic N) is 2. The van der Waals surface area contributed by atoms with Gasteiger partial charge in [-0.2, -0.15) is 0 Å². The number of anilines is 1. The summed E-state index contributed by atoms with van der Waals surface area (Å²) >= 11 is 8.91. The minimum absolute atomic E-state index is 0.548. The number of aryl methyl sites for hydroxylation is 1. The van der Waals surface area contributed by atoms with Crippen LogP contribution in [-0.2, 0) is 6.42 Å². The summed E-state index contributed by atoms with van der Waals surface area (Å²) in [6.45, 7) is 2.86. The Bertz CT molecular complexity index is 398. The first-order valence-electron chi connectivity index (χ1n) is 4.50. The van der Waals surface area contributed by atoms with Crippen LogP contribution in [0.4, 0.5) is 5.13 Å². The number of hydrogen-bond donors (Lipinski definition) is 1. The van der Waals surface area contributed by atoms with Crippen LogP contribution in [0.5, 0.6) is 0 Å². The zero-order valence-corrected chi connectivity index (χ0v) is 10.5. The second-order valence-electron chi connectivity index (χ2n) is 3.01. The second kappa shape index (κ2) is 4.92. The highest BCUT2D eigenvalue weighted by atomic mass is 35.5. The molecule has 2 rings (SSSR count). The van der Waals surface area contributed by atoms with Crippen LogP contribution < -0.4 is 5.32 Å². The molecule has 0 amide bonds. The lowest BCUT2D eigenvalue weighted by Gasteiger charge is -1.99. The van der Waals surface area contributed by atoms with Crippen LogP contribution in [0.15, 0.2) is 10.8 Å². The van der Waals surface area contributed by atoms with E-state index >= 15 is 0 Å². The van der Waals surface area contributed by atoms with E-state index in [1.54, 1.807) is 11.3 Å². The van der Waals surface area contributed by atoms with Gasteiger partial charge in [0.25, 0.3) is 0 Å². The largest absolute Gasteiger partial charge is 0.361 e. The van der Waals surface area contributed by atoms with Gasteiger partial charge >= 0.3 is 0 Å². The van der Waals surface area contributed by atoms with E-state index in [1.165, 1.54) is 11.3 Å². The quantitative estimate of drug-likeness (QED) is 0.916. The molecule has 0 saturated heterocycles. The van der Waals surface area contributed by atoms with Crippen LogP contribution in [0, 0.1) is 6.92 Å². The fourth-order valence-electron chi connectivity index (χ4n) is 1.16. The van der Waals surface area contributed by atoms with E-state index in [4.69, 9.17) is 11.6 Å². The van der Waals surface area contributed by atoms with Crippen LogP contribution >= 0.6 is 34.3 Å². The molecule has 0 aliphatic carbocycles. The summed E-state index contributed by atoms with van der Waals surface area (Å²) in [5.74, 6) is 0. The number of rotatable bonds is 4. The third kappa shape index (κ3) is 3.15. The summed E-state index contributed by atoms with van der Waals surface area (Å²) in [5.41, 5.74) is 1.13. The Balaban J connectivity index is 1.80. The summed E-state index contributed by atoms with van der Waals surface area (Å²) < 4.78 is 0. The van der Waals surface area contributed by atoms with E-state index in [-0.39, 0.29) is 0 Å². The van der Waals surface area contributed by atoms with E-state index in [1.807, 2.05) is 12.3 Å². The predicted molar refractivity (Wildman–Crippen MR) is 66.2 cm³/mol. The fourth-order valence-corrected chi connectivity index (χ4v) is 2.67. The molecule has 0 atom stereocenters. The van der Waals surface area contributed by atoms with Gasteiger partial charge in [0, 0.05) is 23.7 Å². The minimum Gasteiger partial charge on any atom is -0.361 e. The summed E-state index contributed by atoms with van der Waals surface area (Å²) in [7, 11) is 0. The Kier molecular flexibility index (Phi) is 3.56. The number of aromatic nitrogens is 2. The molecule has 15 heavy (non-hydrogen) atoms. The van der Waals surface area contributed by atoms with Crippen molar-refractivity contribution in [1.29, 1.82) is 0 Å². The average Bonchev–Trinajstić information content (AvgIpc) is 2.76. The first-order valence-corrected chi connectivity index (χ1v) is 6.63. The monoisotopic (exact) mass is 259 g/mol. The van der Waals surface area contributed by atoms with Crippen molar-refractivity contribution in [3.8, 4) is 0 Å². The smallest absolute Gasteiger partial charge is 0.184 e. The highest BCUT2D eigenvalue weighted by Crippen LogP contribution is 2.18. The molecule has 0 unspecified atom stereocenters. The van der Waals surface area contributed by atoms with Gasteiger partial charge in [-0.15, -0.1) is 22.7 Å². The molecule has 0 saturated carbocycles. The average molecular weight is 260 g/mol. The van der Waals surface area contributed by atoms with Crippen molar-refractivity contribution in [3.63, 3.8) is 0 Å². The van der Waals surface area contributed by atoms with E-state index in [0.717, 1.165) is 28.8 Å². The molecular formula is C9H10ClN3S2. The molecule has 0 fully saturated rings. The maximum Gasteiger partial charge on any atom is 0.184 e. The maximum absolute atomic E-state index is 5.71. The molecule has 3 nitrogen and oxygen atoms in total. The van der Waals surface area contributed by atoms with Crippen molar-refractivity contribution in [3.05, 3.63) is 26.6 Å². The predicted octanol–water partition coefficient (Wildman–Crippen LogP) is 3.22. The van der Waals surface area contributed by atoms with Gasteiger partial charge in [0.1, 0.15) is 5.15 Å². The summed E-state index contributed by atoms with van der Waals surface area (Å²) in [6, 6.07) is 0. The van der Waals surface area contributed by atoms with Crippen molar-refractivity contribution < 1.29 is 0 Å². The topological polar surface area (TPSA) is 37.8 Å². The van der Waals surface area contributed by atoms with E-state index in [9.17, 15) is 0 Å². The van der Waals surface area contributed by atoms with Crippen LogP contribution in [0.25, 0.3) is 0 Å². The molecule has 0 radical (unpaired) electrons. The normalized spacial score (nSPS) is 10.5. The van der Waals surface area contributed by atoms with Gasteiger partial charge in [-0.3, -0.25) is 0 Å². The molecule has 1 N–H and O–H groups in total. The van der Waals surface area contributed by atoms with E-state index in [2.05, 4.69) is 20.7 Å². The number of thiazole rings is 2. The van der Waals surface area contributed by atoms with Crippen LogP contribution in [-0.4, -0.2) is 16.5 Å². The maximum atomic E-state index is 5.71. The number of halogens is 1. The standard InChI is InChI=1S/C9H10ClN3S2/c1-6-12-7(4-14-6)2-3-11-9-13-8(10)5-15-9/h4-5H,2-3H2,1H3,(H,11,13). The van der Waals surface area contributed by atoms with Crippen LogP contribution in [0.3, 0.4) is 0 Å². The molecule has 0 aromatic carbocycles. The molecule has 6 heteroatoms. The zero-order chi connectivity index (χ0) is 10.7. The molecule has 0 aliphatic heterocycles. The summed E-state index contributed by atoms with van der Waals surface area (Å²) in [4.78, 5) is 8.48. The Morgan fingerprint density at radius 3 is 2.80 bits per heavy atom. The van der Waals surface area contributed by atoms with Crippen molar-refractivity contribution in [2.45, 2.75) is 13.3 Å². The van der Waals surface area contributed by atoms with Crippen molar-refractivity contribution in [2.75, 3.05) is 11.9 Å². The van der Waals surface area contributed by atoms with E-state index in [0.29, 0.717) is 5.15 Å². The number of hydrogen-bond acceptors (Lipinski definition) is 5. The van der Waals surface area contributed by atoms with Crippen molar-refractivity contribution in [2.24, 2.45) is 0 Å². The first kappa shape index (κ1) is 10.9. The highest BCUT2D eigenvalue weighted by Gasteiger charge is 2.00. The molecule has 0 bridgehead atoms. The van der Waals surface area contributed by atoms with Gasteiger partial charge in [-0.05, 0) is 6.92 Å². The lowest BCUT2D eigenvalue weighted by atomic mass is 10.3. The summed E-state index contributed by atoms with van der Waals surface area (Å²) in [6.07, 6.45) is 0.918. The zero-order valence-electron chi connectivity index (χ0n) is 8.16. The summed E-state index contributed by atoms with van der Waals surface area (Å²) in [5, 5.41) is 9.65. The van der Waals surface area contributed by atoms with Crippen molar-refractivity contribution in [1.82, 2.24) is 9.97 Å². The minimum atomic E-state index is 0.548. The second-order valence-corrected chi connectivity index (χ2v) is 5.32. The Labute approximate surface area is 101 Å².